The van der Waals surface area contributed by atoms with E-state index in [1.54, 1.807) is 0 Å². The molecule has 0 saturated heterocycles. The standard InChI is InChI=1S/C8H18O2/c1-7(2,5-9)8(3,4)6-10/h9-10H,5-6H2,1-4H3/i5D2,6D2. The van der Waals surface area contributed by atoms with Crippen molar-refractivity contribution in [2.75, 3.05) is 13.1 Å². The van der Waals surface area contributed by atoms with Crippen molar-refractivity contribution in [2.45, 2.75) is 27.7 Å². The van der Waals surface area contributed by atoms with E-state index in [9.17, 15) is 10.2 Å². The maximum absolute atomic E-state index is 9.30. The first-order chi connectivity index (χ1) is 5.75. The second-order valence-electron chi connectivity index (χ2n) is 3.47. The lowest BCUT2D eigenvalue weighted by molar-refractivity contribution is -0.00563. The van der Waals surface area contributed by atoms with Crippen LogP contribution in [-0.2, 0) is 0 Å². The molecular formula is C8H18O2. The molecule has 0 spiro atoms. The van der Waals surface area contributed by atoms with Gasteiger partial charge in [-0.2, -0.15) is 0 Å². The molecule has 0 saturated carbocycles. The minimum atomic E-state index is -2.56. The summed E-state index contributed by atoms with van der Waals surface area (Å²) in [6.45, 7) is 0.378. The number of hydrogen-bond acceptors (Lipinski definition) is 2. The normalized spacial score (nSPS) is 22.6. The van der Waals surface area contributed by atoms with E-state index in [0.29, 0.717) is 0 Å². The van der Waals surface area contributed by atoms with Crippen molar-refractivity contribution in [3.8, 4) is 0 Å². The first kappa shape index (κ1) is 4.73. The van der Waals surface area contributed by atoms with Crippen LogP contribution >= 0.6 is 0 Å². The van der Waals surface area contributed by atoms with Crippen molar-refractivity contribution in [1.82, 2.24) is 0 Å². The van der Waals surface area contributed by atoms with Gasteiger partial charge in [0.15, 0.2) is 0 Å². The van der Waals surface area contributed by atoms with Crippen molar-refractivity contribution in [3.63, 3.8) is 0 Å². The summed E-state index contributed by atoms with van der Waals surface area (Å²) in [4.78, 5) is 0. The molecule has 0 atom stereocenters. The van der Waals surface area contributed by atoms with Crippen LogP contribution in [0.2, 0.25) is 0 Å². The zero-order valence-electron chi connectivity index (χ0n) is 10.9. The van der Waals surface area contributed by atoms with Crippen molar-refractivity contribution >= 4 is 0 Å². The van der Waals surface area contributed by atoms with Crippen molar-refractivity contribution in [1.29, 1.82) is 0 Å². The second-order valence-corrected chi connectivity index (χ2v) is 3.47. The topological polar surface area (TPSA) is 40.5 Å². The summed E-state index contributed by atoms with van der Waals surface area (Å²) in [5, 5.41) is 18.6. The predicted octanol–water partition coefficient (Wildman–Crippen LogP) is 1.02. The van der Waals surface area contributed by atoms with Crippen LogP contribution in [0.3, 0.4) is 0 Å². The lowest BCUT2D eigenvalue weighted by Gasteiger charge is -2.38. The quantitative estimate of drug-likeness (QED) is 0.630. The zero-order valence-corrected chi connectivity index (χ0v) is 6.89. The molecule has 0 rings (SSSR count). The second kappa shape index (κ2) is 2.89. The van der Waals surface area contributed by atoms with Gasteiger partial charge in [0.25, 0.3) is 0 Å². The van der Waals surface area contributed by atoms with Crippen molar-refractivity contribution in [2.24, 2.45) is 10.8 Å². The fourth-order valence-electron chi connectivity index (χ4n) is 0.280. The van der Waals surface area contributed by atoms with Crippen LogP contribution in [0.1, 0.15) is 33.2 Å². The summed E-state index contributed by atoms with van der Waals surface area (Å²) in [7, 11) is 0. The SMILES string of the molecule is [2H]C([2H])(O)C(C)(C)C(C)(C)C([2H])([2H])O. The van der Waals surface area contributed by atoms with E-state index in [-0.39, 0.29) is 0 Å². The fraction of sp³-hybridized carbons (Fsp3) is 1.00. The maximum Gasteiger partial charge on any atom is 0.0570 e. The van der Waals surface area contributed by atoms with Gasteiger partial charge >= 0.3 is 0 Å². The molecule has 10 heavy (non-hydrogen) atoms. The van der Waals surface area contributed by atoms with Crippen LogP contribution in [-0.4, -0.2) is 23.3 Å². The fourth-order valence-corrected chi connectivity index (χ4v) is 0.280. The summed E-state index contributed by atoms with van der Waals surface area (Å²) in [6.07, 6.45) is 0. The Morgan fingerprint density at radius 2 is 1.20 bits per heavy atom. The highest BCUT2D eigenvalue weighted by Crippen LogP contribution is 2.36. The first-order valence-electron chi connectivity index (χ1n) is 5.20. The molecule has 0 aromatic carbocycles. The molecule has 0 radical (unpaired) electrons. The Morgan fingerprint density at radius 1 is 1.00 bits per heavy atom. The van der Waals surface area contributed by atoms with E-state index >= 15 is 0 Å². The minimum absolute atomic E-state index is 1.38. The van der Waals surface area contributed by atoms with Gasteiger partial charge in [-0.05, 0) is 10.8 Å². The largest absolute Gasteiger partial charge is 0.396 e. The van der Waals surface area contributed by atoms with Gasteiger partial charge in [0.2, 0.25) is 0 Å². The molecule has 0 amide bonds. The Kier molecular flexibility index (Phi) is 1.37. The van der Waals surface area contributed by atoms with Crippen LogP contribution in [0.5, 0.6) is 0 Å². The Morgan fingerprint density at radius 3 is 1.30 bits per heavy atom. The lowest BCUT2D eigenvalue weighted by atomic mass is 9.69. The summed E-state index contributed by atoms with van der Waals surface area (Å²) >= 11 is 0. The zero-order chi connectivity index (χ0) is 12.0. The highest BCUT2D eigenvalue weighted by atomic mass is 16.3. The average molecular weight is 150 g/mol. The van der Waals surface area contributed by atoms with E-state index in [1.807, 2.05) is 0 Å². The van der Waals surface area contributed by atoms with E-state index < -0.39 is 23.9 Å². The number of aliphatic hydroxyl groups is 2. The Balaban J connectivity index is 5.30. The third-order valence-corrected chi connectivity index (χ3v) is 2.12. The third-order valence-electron chi connectivity index (χ3n) is 2.12. The third kappa shape index (κ3) is 1.70. The highest BCUT2D eigenvalue weighted by Gasteiger charge is 2.35. The minimum Gasteiger partial charge on any atom is -0.396 e. The average Bonchev–Trinajstić information content (AvgIpc) is 1.81. The van der Waals surface area contributed by atoms with Crippen LogP contribution < -0.4 is 0 Å². The molecule has 2 N–H and O–H groups in total. The number of rotatable bonds is 3. The van der Waals surface area contributed by atoms with E-state index in [4.69, 9.17) is 5.48 Å². The molecule has 2 heteroatoms. The van der Waals surface area contributed by atoms with Gasteiger partial charge in [-0.15, -0.1) is 0 Å². The lowest BCUT2D eigenvalue weighted by Crippen LogP contribution is -2.38. The van der Waals surface area contributed by atoms with E-state index in [2.05, 4.69) is 0 Å². The van der Waals surface area contributed by atoms with Crippen LogP contribution in [0.4, 0.5) is 0 Å². The molecule has 0 unspecified atom stereocenters. The summed E-state index contributed by atoms with van der Waals surface area (Å²) < 4.78 is 28.9. The molecule has 0 fully saturated rings. The predicted molar refractivity (Wildman–Crippen MR) is 41.7 cm³/mol. The molecule has 0 aliphatic heterocycles. The van der Waals surface area contributed by atoms with Crippen molar-refractivity contribution < 1.29 is 15.7 Å². The highest BCUT2D eigenvalue weighted by molar-refractivity contribution is 4.84. The van der Waals surface area contributed by atoms with Gasteiger partial charge in [-0.3, -0.25) is 0 Å². The molecule has 0 heterocycles. The Hall–Kier alpha value is -0.0800. The maximum atomic E-state index is 9.30. The molecule has 0 aromatic heterocycles. The molecule has 0 aromatic rings. The van der Waals surface area contributed by atoms with Crippen LogP contribution in [0.25, 0.3) is 0 Å². The van der Waals surface area contributed by atoms with Gasteiger partial charge in [0.05, 0.1) is 5.48 Å². The first-order valence-corrected chi connectivity index (χ1v) is 3.20. The van der Waals surface area contributed by atoms with Crippen LogP contribution in [0.15, 0.2) is 0 Å². The van der Waals surface area contributed by atoms with Gasteiger partial charge in [-0.25, -0.2) is 0 Å². The van der Waals surface area contributed by atoms with Gasteiger partial charge < -0.3 is 10.2 Å². The summed E-state index contributed by atoms with van der Waals surface area (Å²) in [6, 6.07) is 0. The summed E-state index contributed by atoms with van der Waals surface area (Å²) in [5.41, 5.74) is -2.84. The van der Waals surface area contributed by atoms with E-state index in [0.717, 1.165) is 0 Å². The molecule has 0 bridgehead atoms. The number of hydrogen-bond donors (Lipinski definition) is 2. The van der Waals surface area contributed by atoms with Crippen LogP contribution in [0, 0.1) is 10.8 Å². The molecule has 0 aliphatic carbocycles. The molecular weight excluding hydrogens is 128 g/mol. The van der Waals surface area contributed by atoms with Gasteiger partial charge in [0, 0.05) is 13.1 Å². The monoisotopic (exact) mass is 150 g/mol. The molecule has 62 valence electrons. The van der Waals surface area contributed by atoms with Crippen molar-refractivity contribution in [3.05, 3.63) is 0 Å². The smallest absolute Gasteiger partial charge is 0.0570 e. The Labute approximate surface area is 68.5 Å². The molecule has 2 nitrogen and oxygen atoms in total. The van der Waals surface area contributed by atoms with Gasteiger partial charge in [-0.1, -0.05) is 27.7 Å². The van der Waals surface area contributed by atoms with E-state index in [1.165, 1.54) is 27.7 Å². The molecule has 0 aliphatic rings. The van der Waals surface area contributed by atoms with Gasteiger partial charge in [0.1, 0.15) is 0 Å². The summed E-state index contributed by atoms with van der Waals surface area (Å²) in [5.74, 6) is 0. The Bertz CT molecular complexity index is 188.